The minimum atomic E-state index is 1.14. The molecule has 3 rings (SSSR count). The molecule has 116 valence electrons. The Morgan fingerprint density at radius 2 is 1.55 bits per heavy atom. The molecule has 0 radical (unpaired) electrons. The Hall–Kier alpha value is -1.71. The van der Waals surface area contributed by atoms with Gasteiger partial charge in [0.05, 0.1) is 6.54 Å². The van der Waals surface area contributed by atoms with Crippen molar-refractivity contribution in [1.29, 1.82) is 0 Å². The van der Waals surface area contributed by atoms with Gasteiger partial charge in [-0.2, -0.15) is 0 Å². The minimum Gasteiger partial charge on any atom is -0.326 e. The molecule has 0 saturated carbocycles. The third-order valence-electron chi connectivity index (χ3n) is 4.72. The van der Waals surface area contributed by atoms with E-state index in [0.717, 1.165) is 6.54 Å². The fraction of sp³-hybridized carbons (Fsp3) is 0.421. The van der Waals surface area contributed by atoms with Gasteiger partial charge < -0.3 is 9.80 Å². The van der Waals surface area contributed by atoms with Gasteiger partial charge in [-0.1, -0.05) is 30.3 Å². The number of nitrogens with one attached hydrogen (secondary N) is 3. The van der Waals surface area contributed by atoms with E-state index >= 15 is 0 Å². The number of benzene rings is 1. The van der Waals surface area contributed by atoms with Gasteiger partial charge in [-0.3, -0.25) is 0 Å². The Morgan fingerprint density at radius 3 is 2.27 bits per heavy atom. The monoisotopic (exact) mass is 298 g/mol. The lowest BCUT2D eigenvalue weighted by molar-refractivity contribution is -1.02. The Morgan fingerprint density at radius 1 is 0.818 bits per heavy atom. The Balaban J connectivity index is 1.35. The molecular formula is C19H28N3+3. The molecule has 0 aliphatic carbocycles. The molecule has 3 N–H and O–H groups in total. The number of H-pyrrole nitrogens is 1. The fourth-order valence-corrected chi connectivity index (χ4v) is 3.38. The first kappa shape index (κ1) is 15.2. The zero-order valence-corrected chi connectivity index (χ0v) is 13.4. The maximum Gasteiger partial charge on any atom is 0.234 e. The third kappa shape index (κ3) is 4.65. The number of hydrogen-bond donors (Lipinski definition) is 2. The summed E-state index contributed by atoms with van der Waals surface area (Å²) >= 11 is 0. The van der Waals surface area contributed by atoms with Gasteiger partial charge in [-0.05, 0) is 18.1 Å². The van der Waals surface area contributed by atoms with E-state index in [1.165, 1.54) is 56.8 Å². The number of pyridine rings is 1. The van der Waals surface area contributed by atoms with Crippen LogP contribution < -0.4 is 14.8 Å². The number of aromatic amines is 1. The lowest BCUT2D eigenvalue weighted by Gasteiger charge is -2.28. The Kier molecular flexibility index (Phi) is 5.57. The van der Waals surface area contributed by atoms with E-state index in [-0.39, 0.29) is 0 Å². The molecule has 1 aromatic heterocycles. The van der Waals surface area contributed by atoms with Crippen LogP contribution in [-0.4, -0.2) is 32.7 Å². The zero-order chi connectivity index (χ0) is 15.0. The first-order chi connectivity index (χ1) is 10.9. The topological polar surface area (TPSA) is 23.0 Å². The highest BCUT2D eigenvalue weighted by Gasteiger charge is 2.23. The van der Waals surface area contributed by atoms with Crippen molar-refractivity contribution in [3.05, 3.63) is 66.0 Å². The highest BCUT2D eigenvalue weighted by Crippen LogP contribution is 2.00. The molecule has 0 amide bonds. The SMILES string of the molecule is c1ccc(CCC[NH+]2CC[NH+](Cc3cccc[nH+]3)CC2)cc1. The quantitative estimate of drug-likeness (QED) is 0.713. The summed E-state index contributed by atoms with van der Waals surface area (Å²) in [5.74, 6) is 0. The minimum absolute atomic E-state index is 1.14. The van der Waals surface area contributed by atoms with Crippen molar-refractivity contribution in [2.24, 2.45) is 0 Å². The molecule has 1 fully saturated rings. The zero-order valence-electron chi connectivity index (χ0n) is 13.4. The summed E-state index contributed by atoms with van der Waals surface area (Å²) in [6.07, 6.45) is 4.56. The summed E-state index contributed by atoms with van der Waals surface area (Å²) in [5, 5.41) is 0. The predicted octanol–water partition coefficient (Wildman–Crippen LogP) is -0.583. The number of hydrogen-bond acceptors (Lipinski definition) is 0. The van der Waals surface area contributed by atoms with Gasteiger partial charge in [-0.15, -0.1) is 0 Å². The second kappa shape index (κ2) is 8.06. The van der Waals surface area contributed by atoms with Gasteiger partial charge in [0.25, 0.3) is 0 Å². The van der Waals surface area contributed by atoms with Crippen LogP contribution in [0.15, 0.2) is 54.7 Å². The van der Waals surface area contributed by atoms with Crippen molar-refractivity contribution in [2.75, 3.05) is 32.7 Å². The van der Waals surface area contributed by atoms with Crippen LogP contribution in [-0.2, 0) is 13.0 Å². The highest BCUT2D eigenvalue weighted by atomic mass is 15.3. The molecule has 0 atom stereocenters. The molecule has 0 unspecified atom stereocenters. The molecule has 1 aliphatic rings. The van der Waals surface area contributed by atoms with Crippen molar-refractivity contribution in [3.63, 3.8) is 0 Å². The van der Waals surface area contributed by atoms with Gasteiger partial charge >= 0.3 is 0 Å². The molecule has 22 heavy (non-hydrogen) atoms. The second-order valence-corrected chi connectivity index (χ2v) is 6.40. The molecule has 1 saturated heterocycles. The van der Waals surface area contributed by atoms with Crippen molar-refractivity contribution in [3.8, 4) is 0 Å². The molecule has 1 aromatic carbocycles. The summed E-state index contributed by atoms with van der Waals surface area (Å²) in [7, 11) is 0. The number of aryl methyl sites for hydroxylation is 1. The second-order valence-electron chi connectivity index (χ2n) is 6.40. The summed E-state index contributed by atoms with van der Waals surface area (Å²) < 4.78 is 0. The van der Waals surface area contributed by atoms with E-state index in [1.54, 1.807) is 9.80 Å². The molecule has 2 heterocycles. The lowest BCUT2D eigenvalue weighted by Crippen LogP contribution is -3.27. The van der Waals surface area contributed by atoms with Crippen LogP contribution in [0.3, 0.4) is 0 Å². The summed E-state index contributed by atoms with van der Waals surface area (Å²) in [5.41, 5.74) is 2.83. The van der Waals surface area contributed by atoms with Crippen molar-refractivity contribution in [1.82, 2.24) is 0 Å². The summed E-state index contributed by atoms with van der Waals surface area (Å²) in [4.78, 5) is 6.86. The maximum atomic E-state index is 3.35. The number of quaternary nitrogens is 2. The number of aromatic nitrogens is 1. The van der Waals surface area contributed by atoms with Gasteiger partial charge in [0.1, 0.15) is 26.2 Å². The van der Waals surface area contributed by atoms with Gasteiger partial charge in [-0.25, -0.2) is 4.98 Å². The van der Waals surface area contributed by atoms with E-state index in [2.05, 4.69) is 47.4 Å². The third-order valence-corrected chi connectivity index (χ3v) is 4.72. The van der Waals surface area contributed by atoms with Crippen molar-refractivity contribution in [2.45, 2.75) is 19.4 Å². The first-order valence-electron chi connectivity index (χ1n) is 8.57. The average Bonchev–Trinajstić information content (AvgIpc) is 2.58. The lowest BCUT2D eigenvalue weighted by atomic mass is 10.1. The van der Waals surface area contributed by atoms with E-state index in [9.17, 15) is 0 Å². The maximum absolute atomic E-state index is 3.35. The van der Waals surface area contributed by atoms with E-state index in [0.29, 0.717) is 0 Å². The molecule has 0 spiro atoms. The van der Waals surface area contributed by atoms with Gasteiger partial charge in [0.2, 0.25) is 5.69 Å². The van der Waals surface area contributed by atoms with Crippen molar-refractivity contribution >= 4 is 0 Å². The van der Waals surface area contributed by atoms with Crippen molar-refractivity contribution < 1.29 is 14.8 Å². The summed E-state index contributed by atoms with van der Waals surface area (Å²) in [6.45, 7) is 7.68. The van der Waals surface area contributed by atoms with E-state index in [4.69, 9.17) is 0 Å². The Labute approximate surface area is 133 Å². The Bertz CT molecular complexity index is 533. The first-order valence-corrected chi connectivity index (χ1v) is 8.57. The molecule has 3 nitrogen and oxygen atoms in total. The normalized spacial score (nSPS) is 21.6. The number of rotatable bonds is 6. The molecule has 3 heteroatoms. The molecular weight excluding hydrogens is 270 g/mol. The van der Waals surface area contributed by atoms with Crippen LogP contribution in [0.5, 0.6) is 0 Å². The largest absolute Gasteiger partial charge is 0.326 e. The van der Waals surface area contributed by atoms with Crippen LogP contribution in [0.1, 0.15) is 17.7 Å². The van der Waals surface area contributed by atoms with Gasteiger partial charge in [0.15, 0.2) is 12.7 Å². The van der Waals surface area contributed by atoms with E-state index < -0.39 is 0 Å². The number of piperazine rings is 1. The molecule has 1 aliphatic heterocycles. The standard InChI is InChI=1S/C19H25N3/c1-2-7-18(8-3-1)9-6-12-21-13-15-22(16-14-21)17-19-10-4-5-11-20-19/h1-5,7-8,10-11H,6,9,12-17H2/p+3. The smallest absolute Gasteiger partial charge is 0.234 e. The van der Waals surface area contributed by atoms with Crippen LogP contribution in [0.4, 0.5) is 0 Å². The van der Waals surface area contributed by atoms with E-state index in [1.807, 2.05) is 12.3 Å². The van der Waals surface area contributed by atoms with Crippen LogP contribution in [0.2, 0.25) is 0 Å². The van der Waals surface area contributed by atoms with Gasteiger partial charge in [0, 0.05) is 18.6 Å². The molecule has 0 bridgehead atoms. The van der Waals surface area contributed by atoms with Crippen LogP contribution in [0, 0.1) is 0 Å². The highest BCUT2D eigenvalue weighted by molar-refractivity contribution is 5.14. The van der Waals surface area contributed by atoms with Crippen LogP contribution >= 0.6 is 0 Å². The summed E-state index contributed by atoms with van der Waals surface area (Å²) in [6, 6.07) is 17.2. The fourth-order valence-electron chi connectivity index (χ4n) is 3.38. The molecule has 2 aromatic rings. The van der Waals surface area contributed by atoms with Crippen LogP contribution in [0.25, 0.3) is 0 Å². The predicted molar refractivity (Wildman–Crippen MR) is 87.7 cm³/mol. The average molecular weight is 298 g/mol.